The predicted octanol–water partition coefficient (Wildman–Crippen LogP) is 5.11. The van der Waals surface area contributed by atoms with Gasteiger partial charge in [-0.1, -0.05) is 53.2 Å². The maximum atomic E-state index is 12.5. The second kappa shape index (κ2) is 9.04. The third kappa shape index (κ3) is 4.71. The Bertz CT molecular complexity index is 1090. The van der Waals surface area contributed by atoms with Gasteiger partial charge >= 0.3 is 0 Å². The maximum absolute atomic E-state index is 12.5. The van der Waals surface area contributed by atoms with E-state index in [1.165, 1.54) is 0 Å². The number of ether oxygens (including phenoxy) is 1. The van der Waals surface area contributed by atoms with Crippen molar-refractivity contribution in [3.05, 3.63) is 76.6 Å². The number of aromatic nitrogens is 3. The van der Waals surface area contributed by atoms with Crippen LogP contribution >= 0.6 is 11.6 Å². The van der Waals surface area contributed by atoms with E-state index >= 15 is 0 Å². The van der Waals surface area contributed by atoms with Crippen molar-refractivity contribution in [3.8, 4) is 5.75 Å². The fraction of sp³-hybridized carbons (Fsp3) is 0.400. The largest absolute Gasteiger partial charge is 0.487 e. The van der Waals surface area contributed by atoms with E-state index in [0.717, 1.165) is 37.1 Å². The Hall–Kier alpha value is -2.70. The number of carbonyl (C=O) groups excluding carboxylic acids is 1. The van der Waals surface area contributed by atoms with Crippen LogP contribution in [0.3, 0.4) is 0 Å². The van der Waals surface area contributed by atoms with Gasteiger partial charge in [-0.3, -0.25) is 9.69 Å². The molecule has 7 heteroatoms. The smallest absolute Gasteiger partial charge is 0.185 e. The SMILES string of the molecule is CC(c1ccc(OCc2ccccc2)c(Cl)c1)N1CC(CC(=O)c2cn(C3CC3)nn2)C1. The van der Waals surface area contributed by atoms with Crippen molar-refractivity contribution in [2.75, 3.05) is 13.1 Å². The molecule has 1 aliphatic carbocycles. The Morgan fingerprint density at radius 1 is 1.19 bits per heavy atom. The van der Waals surface area contributed by atoms with E-state index in [2.05, 4.69) is 28.2 Å². The lowest BCUT2D eigenvalue weighted by atomic mass is 9.90. The summed E-state index contributed by atoms with van der Waals surface area (Å²) in [5.41, 5.74) is 2.76. The molecule has 2 aromatic carbocycles. The third-order valence-electron chi connectivity index (χ3n) is 6.40. The average molecular weight is 451 g/mol. The number of ketones is 1. The summed E-state index contributed by atoms with van der Waals surface area (Å²) < 4.78 is 7.72. The zero-order valence-corrected chi connectivity index (χ0v) is 18.9. The lowest BCUT2D eigenvalue weighted by Gasteiger charge is -2.43. The van der Waals surface area contributed by atoms with Gasteiger partial charge in [0.1, 0.15) is 18.1 Å². The molecule has 166 valence electrons. The molecule has 3 aromatic rings. The molecule has 1 saturated heterocycles. The van der Waals surface area contributed by atoms with Gasteiger partial charge < -0.3 is 4.74 Å². The van der Waals surface area contributed by atoms with Crippen LogP contribution in [-0.4, -0.2) is 38.8 Å². The van der Waals surface area contributed by atoms with Crippen LogP contribution in [0.4, 0.5) is 0 Å². The van der Waals surface area contributed by atoms with Crippen LogP contribution in [0.5, 0.6) is 5.75 Å². The molecule has 2 fully saturated rings. The number of benzene rings is 2. The van der Waals surface area contributed by atoms with E-state index in [4.69, 9.17) is 16.3 Å². The van der Waals surface area contributed by atoms with Crippen molar-refractivity contribution >= 4 is 17.4 Å². The van der Waals surface area contributed by atoms with E-state index < -0.39 is 0 Å². The van der Waals surface area contributed by atoms with Crippen molar-refractivity contribution in [1.29, 1.82) is 0 Å². The van der Waals surface area contributed by atoms with Gasteiger partial charge in [-0.05, 0) is 48.9 Å². The molecule has 1 aliphatic heterocycles. The molecule has 6 nitrogen and oxygen atoms in total. The molecule has 0 spiro atoms. The van der Waals surface area contributed by atoms with Gasteiger partial charge in [-0.25, -0.2) is 4.68 Å². The minimum absolute atomic E-state index is 0.0946. The molecule has 1 unspecified atom stereocenters. The molecule has 0 N–H and O–H groups in total. The number of nitrogens with zero attached hydrogens (tertiary/aromatic N) is 4. The highest BCUT2D eigenvalue weighted by molar-refractivity contribution is 6.32. The molecular formula is C25H27ClN4O2. The molecule has 2 aliphatic rings. The second-order valence-corrected chi connectivity index (χ2v) is 9.31. The molecule has 1 atom stereocenters. The second-order valence-electron chi connectivity index (χ2n) is 8.90. The maximum Gasteiger partial charge on any atom is 0.185 e. The first-order valence-corrected chi connectivity index (χ1v) is 11.6. The Morgan fingerprint density at radius 3 is 2.69 bits per heavy atom. The standard InChI is InChI=1S/C25H27ClN4O2/c1-17(20-7-10-25(22(26)12-20)32-16-18-5-3-2-4-6-18)29-13-19(14-29)11-24(31)23-15-30(28-27-23)21-8-9-21/h2-7,10,12,15,17,19,21H,8-9,11,13-14,16H2,1H3. The molecule has 1 saturated carbocycles. The fourth-order valence-electron chi connectivity index (χ4n) is 4.18. The molecule has 2 heterocycles. The Morgan fingerprint density at radius 2 is 1.97 bits per heavy atom. The number of hydrogen-bond donors (Lipinski definition) is 0. The monoisotopic (exact) mass is 450 g/mol. The summed E-state index contributed by atoms with van der Waals surface area (Å²) >= 11 is 6.50. The number of likely N-dealkylation sites (tertiary alicyclic amines) is 1. The highest BCUT2D eigenvalue weighted by atomic mass is 35.5. The van der Waals surface area contributed by atoms with E-state index in [1.807, 2.05) is 53.3 Å². The van der Waals surface area contributed by atoms with Crippen LogP contribution in [-0.2, 0) is 6.61 Å². The van der Waals surface area contributed by atoms with Crippen molar-refractivity contribution < 1.29 is 9.53 Å². The van der Waals surface area contributed by atoms with E-state index in [-0.39, 0.29) is 11.8 Å². The van der Waals surface area contributed by atoms with Crippen LogP contribution in [0.15, 0.2) is 54.7 Å². The Labute approximate surface area is 193 Å². The summed E-state index contributed by atoms with van der Waals surface area (Å²) in [4.78, 5) is 14.9. The quantitative estimate of drug-likeness (QED) is 0.424. The highest BCUT2D eigenvalue weighted by Crippen LogP contribution is 2.35. The predicted molar refractivity (Wildman–Crippen MR) is 123 cm³/mol. The summed E-state index contributed by atoms with van der Waals surface area (Å²) in [7, 11) is 0. The van der Waals surface area contributed by atoms with Crippen LogP contribution in [0.1, 0.15) is 59.9 Å². The third-order valence-corrected chi connectivity index (χ3v) is 6.70. The summed E-state index contributed by atoms with van der Waals surface area (Å²) in [5, 5.41) is 8.78. The number of halogens is 1. The van der Waals surface area contributed by atoms with Gasteiger partial charge in [0.25, 0.3) is 0 Å². The molecule has 5 rings (SSSR count). The Kier molecular flexibility index (Phi) is 5.98. The first-order valence-electron chi connectivity index (χ1n) is 11.2. The van der Waals surface area contributed by atoms with Gasteiger partial charge in [-0.2, -0.15) is 0 Å². The van der Waals surface area contributed by atoms with Gasteiger partial charge in [0.2, 0.25) is 0 Å². The minimum atomic E-state index is 0.0946. The molecule has 1 aromatic heterocycles. The first kappa shape index (κ1) is 21.2. The van der Waals surface area contributed by atoms with E-state index in [9.17, 15) is 4.79 Å². The van der Waals surface area contributed by atoms with Gasteiger partial charge in [0.15, 0.2) is 5.78 Å². The molecular weight excluding hydrogens is 424 g/mol. The molecule has 0 amide bonds. The zero-order chi connectivity index (χ0) is 22.1. The summed E-state index contributed by atoms with van der Waals surface area (Å²) in [6.07, 6.45) is 4.61. The topological polar surface area (TPSA) is 60.2 Å². The van der Waals surface area contributed by atoms with Gasteiger partial charge in [0, 0.05) is 25.6 Å². The fourth-order valence-corrected chi connectivity index (χ4v) is 4.43. The van der Waals surface area contributed by atoms with Crippen LogP contribution in [0, 0.1) is 5.92 Å². The average Bonchev–Trinajstić information content (AvgIpc) is 3.51. The number of rotatable bonds is 9. The van der Waals surface area contributed by atoms with Crippen molar-refractivity contribution in [2.45, 2.75) is 44.9 Å². The highest BCUT2D eigenvalue weighted by Gasteiger charge is 2.33. The van der Waals surface area contributed by atoms with Gasteiger partial charge in [0.05, 0.1) is 17.3 Å². The molecule has 0 bridgehead atoms. The summed E-state index contributed by atoms with van der Waals surface area (Å²) in [6.45, 7) is 4.46. The minimum Gasteiger partial charge on any atom is -0.487 e. The van der Waals surface area contributed by atoms with Crippen molar-refractivity contribution in [1.82, 2.24) is 19.9 Å². The molecule has 32 heavy (non-hydrogen) atoms. The number of hydrogen-bond acceptors (Lipinski definition) is 5. The van der Waals surface area contributed by atoms with Crippen molar-refractivity contribution in [3.63, 3.8) is 0 Å². The molecule has 0 radical (unpaired) electrons. The Balaban J connectivity index is 1.12. The van der Waals surface area contributed by atoms with Crippen LogP contribution < -0.4 is 4.74 Å². The van der Waals surface area contributed by atoms with E-state index in [0.29, 0.717) is 41.5 Å². The van der Waals surface area contributed by atoms with Crippen LogP contribution in [0.2, 0.25) is 5.02 Å². The van der Waals surface area contributed by atoms with Crippen LogP contribution in [0.25, 0.3) is 0 Å². The summed E-state index contributed by atoms with van der Waals surface area (Å²) in [5.74, 6) is 1.15. The van der Waals surface area contributed by atoms with Gasteiger partial charge in [-0.15, -0.1) is 5.10 Å². The van der Waals surface area contributed by atoms with E-state index in [1.54, 1.807) is 0 Å². The lowest BCUT2D eigenvalue weighted by molar-refractivity contribution is 0.0502. The number of carbonyl (C=O) groups is 1. The zero-order valence-electron chi connectivity index (χ0n) is 18.2. The number of Topliss-reactive ketones (excluding diaryl/α,β-unsaturated/α-hetero) is 1. The van der Waals surface area contributed by atoms with Crippen molar-refractivity contribution in [2.24, 2.45) is 5.92 Å². The lowest BCUT2D eigenvalue weighted by Crippen LogP contribution is -2.48. The first-order chi connectivity index (χ1) is 15.6. The summed E-state index contributed by atoms with van der Waals surface area (Å²) in [6, 6.07) is 16.7. The normalized spacial score (nSPS) is 17.7.